The molecule has 6 heteroatoms. The molecule has 0 spiro atoms. The Hall–Kier alpha value is -1.66. The standard InChI is InChI=1S/C12H17N3O3/c1-15(5-7-17-8-6-15)9-13-10-18-11-3-2-4-14-12(11)16/h2-4,9H,5-8,10H2,1H3/p+1. The maximum atomic E-state index is 11.3. The zero-order valence-corrected chi connectivity index (χ0v) is 10.5. The van der Waals surface area contributed by atoms with Gasteiger partial charge in [-0.2, -0.15) is 0 Å². The van der Waals surface area contributed by atoms with Crippen molar-refractivity contribution < 1.29 is 14.0 Å². The molecule has 0 aliphatic carbocycles. The number of morpholine rings is 1. The number of nitrogens with one attached hydrogen (secondary N) is 1. The average molecular weight is 252 g/mol. The van der Waals surface area contributed by atoms with Gasteiger partial charge in [0.1, 0.15) is 13.1 Å². The summed E-state index contributed by atoms with van der Waals surface area (Å²) in [5.74, 6) is 0.291. The summed E-state index contributed by atoms with van der Waals surface area (Å²) in [6, 6.07) is 3.34. The van der Waals surface area contributed by atoms with E-state index in [0.29, 0.717) is 5.75 Å². The lowest BCUT2D eigenvalue weighted by atomic mass is 10.4. The summed E-state index contributed by atoms with van der Waals surface area (Å²) in [6.45, 7) is 3.48. The molecule has 1 aliphatic rings. The Morgan fingerprint density at radius 1 is 1.56 bits per heavy atom. The summed E-state index contributed by atoms with van der Waals surface area (Å²) in [4.78, 5) is 18.1. The van der Waals surface area contributed by atoms with Gasteiger partial charge in [-0.15, -0.1) is 0 Å². The number of aromatic nitrogens is 1. The molecule has 0 unspecified atom stereocenters. The van der Waals surface area contributed by atoms with Crippen molar-refractivity contribution in [2.75, 3.05) is 40.1 Å². The third-order valence-corrected chi connectivity index (χ3v) is 2.93. The highest BCUT2D eigenvalue weighted by Gasteiger charge is 2.23. The third-order valence-electron chi connectivity index (χ3n) is 2.93. The predicted octanol–water partition coefficient (Wildman–Crippen LogP) is 0.216. The largest absolute Gasteiger partial charge is 0.465 e. The van der Waals surface area contributed by atoms with Crippen LogP contribution in [-0.4, -0.2) is 55.9 Å². The van der Waals surface area contributed by atoms with Crippen LogP contribution in [0, 0.1) is 0 Å². The van der Waals surface area contributed by atoms with E-state index >= 15 is 0 Å². The van der Waals surface area contributed by atoms with Crippen molar-refractivity contribution in [2.24, 2.45) is 4.99 Å². The molecule has 1 saturated heterocycles. The van der Waals surface area contributed by atoms with E-state index in [4.69, 9.17) is 9.47 Å². The van der Waals surface area contributed by atoms with Gasteiger partial charge in [0.25, 0.3) is 5.56 Å². The van der Waals surface area contributed by atoms with Gasteiger partial charge in [0.15, 0.2) is 18.8 Å². The molecular formula is C12H18N3O3+. The maximum Gasteiger partial charge on any atom is 0.290 e. The van der Waals surface area contributed by atoms with E-state index in [-0.39, 0.29) is 12.3 Å². The molecule has 18 heavy (non-hydrogen) atoms. The molecule has 0 aromatic carbocycles. The minimum absolute atomic E-state index is 0.155. The van der Waals surface area contributed by atoms with Gasteiger partial charge in [-0.25, -0.2) is 4.99 Å². The second-order valence-corrected chi connectivity index (χ2v) is 4.47. The first-order valence-corrected chi connectivity index (χ1v) is 5.93. The lowest BCUT2D eigenvalue weighted by molar-refractivity contribution is -0.824. The molecule has 98 valence electrons. The molecule has 0 amide bonds. The molecule has 1 aromatic rings. The van der Waals surface area contributed by atoms with Crippen LogP contribution in [0.3, 0.4) is 0 Å². The molecule has 0 radical (unpaired) electrons. The zero-order chi connectivity index (χ0) is 12.8. The molecule has 0 atom stereocenters. The highest BCUT2D eigenvalue weighted by molar-refractivity contribution is 5.46. The van der Waals surface area contributed by atoms with Crippen molar-refractivity contribution in [1.82, 2.24) is 4.98 Å². The number of H-pyrrole nitrogens is 1. The van der Waals surface area contributed by atoms with Crippen LogP contribution in [0.15, 0.2) is 28.1 Å². The number of quaternary nitrogens is 1. The molecule has 1 fully saturated rings. The van der Waals surface area contributed by atoms with Crippen LogP contribution < -0.4 is 10.3 Å². The van der Waals surface area contributed by atoms with Crippen LogP contribution in [0.4, 0.5) is 0 Å². The number of hydrogen-bond donors (Lipinski definition) is 1. The molecule has 1 aromatic heterocycles. The first-order chi connectivity index (χ1) is 8.70. The number of rotatable bonds is 4. The monoisotopic (exact) mass is 252 g/mol. The summed E-state index contributed by atoms with van der Waals surface area (Å²) >= 11 is 0. The molecule has 0 saturated carbocycles. The summed E-state index contributed by atoms with van der Waals surface area (Å²) in [6.07, 6.45) is 3.43. The average Bonchev–Trinajstić information content (AvgIpc) is 2.37. The van der Waals surface area contributed by atoms with Crippen molar-refractivity contribution in [1.29, 1.82) is 0 Å². The fraction of sp³-hybridized carbons (Fsp3) is 0.500. The lowest BCUT2D eigenvalue weighted by Gasteiger charge is -2.32. The predicted molar refractivity (Wildman–Crippen MR) is 67.8 cm³/mol. The van der Waals surface area contributed by atoms with Gasteiger partial charge >= 0.3 is 0 Å². The Bertz CT molecular complexity index is 464. The Morgan fingerprint density at radius 3 is 3.06 bits per heavy atom. The number of aromatic amines is 1. The number of pyridine rings is 1. The van der Waals surface area contributed by atoms with Crippen molar-refractivity contribution in [2.45, 2.75) is 0 Å². The van der Waals surface area contributed by atoms with Gasteiger partial charge in [0.05, 0.1) is 20.3 Å². The van der Waals surface area contributed by atoms with Crippen LogP contribution in [0.1, 0.15) is 0 Å². The Labute approximate surface area is 105 Å². The van der Waals surface area contributed by atoms with E-state index in [9.17, 15) is 4.79 Å². The number of aliphatic imine (C=N–C) groups is 1. The normalized spacial score (nSPS) is 18.9. The van der Waals surface area contributed by atoms with Crippen LogP contribution in [0.2, 0.25) is 0 Å². The molecule has 1 aliphatic heterocycles. The van der Waals surface area contributed by atoms with Crippen LogP contribution in [0.5, 0.6) is 5.75 Å². The van der Waals surface area contributed by atoms with E-state index in [1.54, 1.807) is 18.3 Å². The van der Waals surface area contributed by atoms with Crippen molar-refractivity contribution in [3.8, 4) is 5.75 Å². The Morgan fingerprint density at radius 2 is 2.33 bits per heavy atom. The number of ether oxygens (including phenoxy) is 2. The molecular weight excluding hydrogens is 234 g/mol. The van der Waals surface area contributed by atoms with Gasteiger partial charge < -0.3 is 14.5 Å². The quantitative estimate of drug-likeness (QED) is 0.473. The lowest BCUT2D eigenvalue weighted by Crippen LogP contribution is -2.50. The van der Waals surface area contributed by atoms with Crippen molar-refractivity contribution in [3.05, 3.63) is 28.7 Å². The van der Waals surface area contributed by atoms with Gasteiger partial charge in [0.2, 0.25) is 0 Å². The molecule has 6 nitrogen and oxygen atoms in total. The van der Waals surface area contributed by atoms with E-state index in [1.165, 1.54) is 0 Å². The summed E-state index contributed by atoms with van der Waals surface area (Å²) in [7, 11) is 2.10. The van der Waals surface area contributed by atoms with Gasteiger partial charge in [-0.1, -0.05) is 0 Å². The number of hydrogen-bond acceptors (Lipinski definition) is 4. The van der Waals surface area contributed by atoms with E-state index in [0.717, 1.165) is 30.8 Å². The van der Waals surface area contributed by atoms with Crippen LogP contribution in [-0.2, 0) is 4.74 Å². The summed E-state index contributed by atoms with van der Waals surface area (Å²) in [5.41, 5.74) is -0.237. The second kappa shape index (κ2) is 5.79. The second-order valence-electron chi connectivity index (χ2n) is 4.47. The fourth-order valence-corrected chi connectivity index (χ4v) is 1.73. The minimum Gasteiger partial charge on any atom is -0.465 e. The van der Waals surface area contributed by atoms with Gasteiger partial charge in [-0.3, -0.25) is 9.28 Å². The first-order valence-electron chi connectivity index (χ1n) is 5.93. The SMILES string of the molecule is C[N+]1(C=NCOc2ccc[nH]c2=O)CCOCC1. The summed E-state index contributed by atoms with van der Waals surface area (Å²) < 4.78 is 11.3. The molecule has 2 rings (SSSR count). The smallest absolute Gasteiger partial charge is 0.290 e. The number of nitrogens with zero attached hydrogens (tertiary/aromatic N) is 2. The van der Waals surface area contributed by atoms with Crippen LogP contribution in [0.25, 0.3) is 0 Å². The highest BCUT2D eigenvalue weighted by atomic mass is 16.5. The topological polar surface area (TPSA) is 63.7 Å². The maximum absolute atomic E-state index is 11.3. The Balaban J connectivity index is 1.85. The highest BCUT2D eigenvalue weighted by Crippen LogP contribution is 2.04. The van der Waals surface area contributed by atoms with Crippen molar-refractivity contribution in [3.63, 3.8) is 0 Å². The van der Waals surface area contributed by atoms with E-state index < -0.39 is 0 Å². The van der Waals surface area contributed by atoms with Crippen molar-refractivity contribution >= 4 is 6.34 Å². The molecule has 1 N–H and O–H groups in total. The minimum atomic E-state index is -0.237. The van der Waals surface area contributed by atoms with E-state index in [2.05, 4.69) is 17.0 Å². The third kappa shape index (κ3) is 3.41. The first kappa shape index (κ1) is 12.8. The molecule has 0 bridgehead atoms. The molecule has 2 heterocycles. The Kier molecular flexibility index (Phi) is 4.11. The van der Waals surface area contributed by atoms with Crippen LogP contribution >= 0.6 is 0 Å². The van der Waals surface area contributed by atoms with Gasteiger partial charge in [-0.05, 0) is 12.1 Å². The van der Waals surface area contributed by atoms with E-state index in [1.807, 2.05) is 6.34 Å². The number of likely N-dealkylation sites (N-methyl/N-ethyl adjacent to an activating group) is 1. The zero-order valence-electron chi connectivity index (χ0n) is 10.5. The summed E-state index contributed by atoms with van der Waals surface area (Å²) in [5, 5.41) is 0. The van der Waals surface area contributed by atoms with Gasteiger partial charge in [0, 0.05) is 6.20 Å². The fourth-order valence-electron chi connectivity index (χ4n) is 1.73.